The number of unbranched alkanes of at least 4 members (excludes halogenated alkanes) is 13. The lowest BCUT2D eigenvalue weighted by Gasteiger charge is -2.21. The zero-order valence-electron chi connectivity index (χ0n) is 24.9. The maximum absolute atomic E-state index is 12.3. The molecule has 0 N–H and O–H groups in total. The molecule has 0 bridgehead atoms. The van der Waals surface area contributed by atoms with Crippen LogP contribution >= 0.6 is 0 Å². The molecule has 6 heteroatoms. The van der Waals surface area contributed by atoms with Gasteiger partial charge in [-0.05, 0) is 53.4 Å². The second kappa shape index (κ2) is 24.8. The maximum atomic E-state index is 12.3. The molecule has 3 unspecified atom stereocenters. The van der Waals surface area contributed by atoms with E-state index >= 15 is 0 Å². The van der Waals surface area contributed by atoms with E-state index in [1.165, 1.54) is 89.5 Å². The van der Waals surface area contributed by atoms with Crippen LogP contribution in [0.15, 0.2) is 11.8 Å². The van der Waals surface area contributed by atoms with Crippen LogP contribution in [0.1, 0.15) is 158 Å². The van der Waals surface area contributed by atoms with Gasteiger partial charge in [0.25, 0.3) is 0 Å². The Labute approximate surface area is 229 Å². The van der Waals surface area contributed by atoms with Crippen LogP contribution in [0.25, 0.3) is 0 Å². The van der Waals surface area contributed by atoms with Crippen LogP contribution in [0.4, 0.5) is 0 Å². The molecular formula is C30H59AlO5. The molecular weight excluding hydrogens is 467 g/mol. The molecule has 0 saturated carbocycles. The molecule has 0 aromatic heterocycles. The maximum Gasteiger partial charge on any atom is 1.00 e. The average molecular weight is 527 g/mol. The van der Waals surface area contributed by atoms with Gasteiger partial charge in [0.05, 0.1) is 17.9 Å². The van der Waals surface area contributed by atoms with Gasteiger partial charge in [0.1, 0.15) is 0 Å². The Morgan fingerprint density at radius 1 is 0.667 bits per heavy atom. The van der Waals surface area contributed by atoms with E-state index in [9.17, 15) is 4.79 Å². The molecule has 0 aromatic carbocycles. The van der Waals surface area contributed by atoms with Crippen molar-refractivity contribution >= 4 is 21.1 Å². The monoisotopic (exact) mass is 526 g/mol. The van der Waals surface area contributed by atoms with Crippen LogP contribution in [0.3, 0.4) is 0 Å². The number of carbonyl (C=O) groups is 1. The summed E-state index contributed by atoms with van der Waals surface area (Å²) in [6.07, 6.45) is 23.0. The smallest absolute Gasteiger partial charge is 0.602 e. The fourth-order valence-corrected chi connectivity index (χ4v) is 5.62. The van der Waals surface area contributed by atoms with Crippen LogP contribution in [0.2, 0.25) is 0 Å². The number of esters is 1. The lowest BCUT2D eigenvalue weighted by molar-refractivity contribution is -0.142. The molecule has 0 saturated heterocycles. The third-order valence-electron chi connectivity index (χ3n) is 6.72. The Bertz CT molecular complexity index is 527. The van der Waals surface area contributed by atoms with E-state index in [4.69, 9.17) is 16.1 Å². The number of allylic oxidation sites excluding steroid dienone is 1. The molecule has 0 spiro atoms. The third-order valence-corrected chi connectivity index (χ3v) is 8.66. The lowest BCUT2D eigenvalue weighted by atomic mass is 10.0. The summed E-state index contributed by atoms with van der Waals surface area (Å²) < 4.78 is 23.3. The highest BCUT2D eigenvalue weighted by molar-refractivity contribution is 6.37. The summed E-state index contributed by atoms with van der Waals surface area (Å²) in [6.45, 7) is 14.2. The summed E-state index contributed by atoms with van der Waals surface area (Å²) >= 11 is -2.36. The van der Waals surface area contributed by atoms with Crippen molar-refractivity contribution in [1.82, 2.24) is 0 Å². The lowest BCUT2D eigenvalue weighted by Crippen LogP contribution is -2.33. The van der Waals surface area contributed by atoms with Crippen LogP contribution in [0.5, 0.6) is 0 Å². The molecule has 0 radical (unpaired) electrons. The fraction of sp³-hybridized carbons (Fsp3) is 0.900. The van der Waals surface area contributed by atoms with Gasteiger partial charge in [0.15, 0.2) is 0 Å². The second-order valence-electron chi connectivity index (χ2n) is 10.5. The van der Waals surface area contributed by atoms with E-state index in [1.807, 2.05) is 20.8 Å². The molecule has 0 aliphatic rings. The molecule has 5 nitrogen and oxygen atoms in total. The highest BCUT2D eigenvalue weighted by Gasteiger charge is 2.38. The number of hydrogen-bond donors (Lipinski definition) is 0. The Morgan fingerprint density at radius 2 is 1.08 bits per heavy atom. The first-order valence-electron chi connectivity index (χ1n) is 15.2. The van der Waals surface area contributed by atoms with Crippen molar-refractivity contribution in [2.24, 2.45) is 0 Å². The SMILES string of the molecule is CCCCCCCCCCCCCCCCC(C)OC(=O)/C=C(/C)[O][Al]([O]C(C)CC)[O]C(C)CC. The first-order chi connectivity index (χ1) is 17.3. The summed E-state index contributed by atoms with van der Waals surface area (Å²) in [5.41, 5.74) is 0. The number of ether oxygens (including phenoxy) is 1. The van der Waals surface area contributed by atoms with Crippen molar-refractivity contribution < 1.29 is 20.9 Å². The van der Waals surface area contributed by atoms with Crippen LogP contribution in [0, 0.1) is 0 Å². The van der Waals surface area contributed by atoms with Gasteiger partial charge in [0.2, 0.25) is 0 Å². The van der Waals surface area contributed by atoms with E-state index in [2.05, 4.69) is 20.8 Å². The molecule has 0 fully saturated rings. The number of hydrogen-bond acceptors (Lipinski definition) is 5. The standard InChI is InChI=1S/C22H42O3.2C4H9O.Al/c1-4-5-6-7-8-9-10-11-12-13-14-15-16-17-18-21(3)25-22(24)19-20(2)23;2*1-3-4(2)5;/h19,21,23H,4-18H2,1-3H3;2*4H,3H2,1-2H3;/q;2*-1;+3/p-1/b20-19-;;;. The van der Waals surface area contributed by atoms with E-state index in [0.29, 0.717) is 5.76 Å². The van der Waals surface area contributed by atoms with Gasteiger partial charge in [0, 0.05) is 12.2 Å². The van der Waals surface area contributed by atoms with Gasteiger partial charge in [-0.1, -0.05) is 104 Å². The Hall–Kier alpha value is -0.538. The summed E-state index contributed by atoms with van der Waals surface area (Å²) in [6, 6.07) is 0. The highest BCUT2D eigenvalue weighted by Crippen LogP contribution is 2.15. The Balaban J connectivity index is 3.94. The summed E-state index contributed by atoms with van der Waals surface area (Å²) in [5, 5.41) is 0. The third kappa shape index (κ3) is 22.6. The first kappa shape index (κ1) is 35.5. The van der Waals surface area contributed by atoms with Crippen molar-refractivity contribution in [3.05, 3.63) is 11.8 Å². The minimum absolute atomic E-state index is 0.0654. The van der Waals surface area contributed by atoms with E-state index in [1.54, 1.807) is 6.92 Å². The topological polar surface area (TPSA) is 54.0 Å². The largest absolute Gasteiger partial charge is 1.00 e. The number of carbonyl (C=O) groups excluding carboxylic acids is 1. The molecule has 0 rings (SSSR count). The van der Waals surface area contributed by atoms with E-state index in [-0.39, 0.29) is 24.3 Å². The normalized spacial score (nSPS) is 14.4. The van der Waals surface area contributed by atoms with Crippen LogP contribution in [-0.4, -0.2) is 39.4 Å². The molecule has 0 amide bonds. The van der Waals surface area contributed by atoms with Crippen LogP contribution in [-0.2, 0) is 20.9 Å². The van der Waals surface area contributed by atoms with Crippen molar-refractivity contribution in [3.63, 3.8) is 0 Å². The van der Waals surface area contributed by atoms with Crippen molar-refractivity contribution in [3.8, 4) is 0 Å². The number of rotatable bonds is 25. The molecule has 3 atom stereocenters. The quantitative estimate of drug-likeness (QED) is 0.0390. The zero-order valence-corrected chi connectivity index (χ0v) is 26.1. The van der Waals surface area contributed by atoms with Crippen molar-refractivity contribution in [1.29, 1.82) is 0 Å². The van der Waals surface area contributed by atoms with Crippen LogP contribution < -0.4 is 0 Å². The van der Waals surface area contributed by atoms with E-state index < -0.39 is 15.1 Å². The zero-order chi connectivity index (χ0) is 27.0. The summed E-state index contributed by atoms with van der Waals surface area (Å²) in [4.78, 5) is 12.3. The first-order valence-corrected chi connectivity index (χ1v) is 16.6. The molecule has 0 aliphatic carbocycles. The summed E-state index contributed by atoms with van der Waals surface area (Å²) in [5.74, 6) is 0.136. The predicted octanol–water partition coefficient (Wildman–Crippen LogP) is 9.33. The Morgan fingerprint density at radius 3 is 1.50 bits per heavy atom. The molecule has 212 valence electrons. The minimum Gasteiger partial charge on any atom is -0.602 e. The Kier molecular flexibility index (Phi) is 24.4. The van der Waals surface area contributed by atoms with Crippen molar-refractivity contribution in [2.45, 2.75) is 176 Å². The molecule has 0 aromatic rings. The van der Waals surface area contributed by atoms with Gasteiger partial charge in [-0.3, -0.25) is 0 Å². The molecule has 0 heterocycles. The van der Waals surface area contributed by atoms with Crippen molar-refractivity contribution in [2.75, 3.05) is 0 Å². The summed E-state index contributed by atoms with van der Waals surface area (Å²) in [7, 11) is 0. The van der Waals surface area contributed by atoms with Gasteiger partial charge in [-0.2, -0.15) is 0 Å². The van der Waals surface area contributed by atoms with Gasteiger partial charge < -0.3 is 16.1 Å². The molecule has 0 aliphatic heterocycles. The fourth-order valence-electron chi connectivity index (χ4n) is 3.93. The molecule has 36 heavy (non-hydrogen) atoms. The average Bonchev–Trinajstić information content (AvgIpc) is 2.83. The van der Waals surface area contributed by atoms with E-state index in [0.717, 1.165) is 25.7 Å². The second-order valence-corrected chi connectivity index (χ2v) is 11.9. The van der Waals surface area contributed by atoms with Gasteiger partial charge >= 0.3 is 21.1 Å². The highest BCUT2D eigenvalue weighted by atomic mass is 27.3. The van der Waals surface area contributed by atoms with Gasteiger partial charge in [-0.25, -0.2) is 4.79 Å². The predicted molar refractivity (Wildman–Crippen MR) is 153 cm³/mol. The minimum atomic E-state index is -2.36. The van der Waals surface area contributed by atoms with Gasteiger partial charge in [-0.15, -0.1) is 0 Å².